The zero-order valence-corrected chi connectivity index (χ0v) is 20.5. The van der Waals surface area contributed by atoms with Crippen LogP contribution in [-0.2, 0) is 21.5 Å². The van der Waals surface area contributed by atoms with Crippen molar-refractivity contribution in [2.75, 3.05) is 7.11 Å². The van der Waals surface area contributed by atoms with Gasteiger partial charge < -0.3 is 10.5 Å². The van der Waals surface area contributed by atoms with E-state index in [1.54, 1.807) is 23.3 Å². The van der Waals surface area contributed by atoms with Gasteiger partial charge in [-0.1, -0.05) is 18.1 Å². The Labute approximate surface area is 199 Å². The van der Waals surface area contributed by atoms with E-state index in [1.807, 2.05) is 26.2 Å². The molecule has 1 saturated carbocycles. The fraction of sp³-hybridized carbons (Fsp3) is 0.500. The van der Waals surface area contributed by atoms with Crippen LogP contribution in [0.1, 0.15) is 63.3 Å². The fourth-order valence-corrected chi connectivity index (χ4v) is 6.81. The molecule has 1 aromatic carbocycles. The maximum absolute atomic E-state index is 14.2. The standard InChI is InChI=1S/C26H30N4O2S/c1-5-6-19-15-33-22(28-19)17-7-8-18-14-25(11-9-20(32-4)10-12-25)26(21(18)13-17)23(31)30(16(2)3)24(27)29-26/h7-8,13,15-16,20H,9-12,14H2,1-4H3,(H2,27,29). The van der Waals surface area contributed by atoms with Crippen molar-refractivity contribution in [3.8, 4) is 22.4 Å². The summed E-state index contributed by atoms with van der Waals surface area (Å²) in [6.07, 6.45) is 4.69. The number of carbonyl (C=O) groups excluding carboxylic acids is 1. The summed E-state index contributed by atoms with van der Waals surface area (Å²) in [5.74, 6) is 6.27. The third kappa shape index (κ3) is 3.15. The van der Waals surface area contributed by atoms with E-state index in [9.17, 15) is 4.79 Å². The molecule has 2 aliphatic carbocycles. The van der Waals surface area contributed by atoms with Crippen molar-refractivity contribution in [3.05, 3.63) is 40.4 Å². The van der Waals surface area contributed by atoms with Gasteiger partial charge in [-0.05, 0) is 76.0 Å². The first-order chi connectivity index (χ1) is 15.8. The lowest BCUT2D eigenvalue weighted by Crippen LogP contribution is -2.53. The number of aromatic nitrogens is 1. The van der Waals surface area contributed by atoms with Crippen LogP contribution in [0.15, 0.2) is 28.6 Å². The summed E-state index contributed by atoms with van der Waals surface area (Å²) in [6, 6.07) is 6.36. The number of benzene rings is 1. The summed E-state index contributed by atoms with van der Waals surface area (Å²) < 4.78 is 5.65. The zero-order valence-electron chi connectivity index (χ0n) is 19.6. The molecular formula is C26H30N4O2S. The average Bonchev–Trinajstić information content (AvgIpc) is 3.44. The Balaban J connectivity index is 1.66. The summed E-state index contributed by atoms with van der Waals surface area (Å²) in [6.45, 7) is 5.79. The number of hydrogen-bond donors (Lipinski definition) is 1. The molecule has 172 valence electrons. The molecule has 1 aromatic heterocycles. The van der Waals surface area contributed by atoms with Crippen LogP contribution in [0.25, 0.3) is 10.6 Å². The summed E-state index contributed by atoms with van der Waals surface area (Å²) in [5.41, 5.74) is 9.10. The quantitative estimate of drug-likeness (QED) is 0.697. The van der Waals surface area contributed by atoms with Crippen LogP contribution in [0.2, 0.25) is 0 Å². The van der Waals surface area contributed by atoms with Crippen molar-refractivity contribution in [1.29, 1.82) is 0 Å². The molecule has 2 spiro atoms. The smallest absolute Gasteiger partial charge is 0.262 e. The third-order valence-corrected chi connectivity index (χ3v) is 8.49. The zero-order chi connectivity index (χ0) is 23.4. The molecule has 0 bridgehead atoms. The number of fused-ring (bicyclic) bond motifs is 3. The highest BCUT2D eigenvalue weighted by Crippen LogP contribution is 2.62. The van der Waals surface area contributed by atoms with E-state index in [2.05, 4.69) is 35.0 Å². The van der Waals surface area contributed by atoms with E-state index in [1.165, 1.54) is 5.56 Å². The largest absolute Gasteiger partial charge is 0.381 e. The molecular weight excluding hydrogens is 432 g/mol. The number of nitrogens with zero attached hydrogens (tertiary/aromatic N) is 3. The Morgan fingerprint density at radius 2 is 2.06 bits per heavy atom. The number of carbonyl (C=O) groups is 1. The van der Waals surface area contributed by atoms with Gasteiger partial charge in [0.15, 0.2) is 11.5 Å². The fourth-order valence-electron chi connectivity index (χ4n) is 6.06. The molecule has 1 fully saturated rings. The van der Waals surface area contributed by atoms with Gasteiger partial charge in [0.25, 0.3) is 5.91 Å². The molecule has 2 N–H and O–H groups in total. The minimum Gasteiger partial charge on any atom is -0.381 e. The molecule has 2 aromatic rings. The molecule has 33 heavy (non-hydrogen) atoms. The van der Waals surface area contributed by atoms with Crippen molar-refractivity contribution in [2.45, 2.75) is 70.6 Å². The molecule has 2 heterocycles. The average molecular weight is 463 g/mol. The molecule has 1 unspecified atom stereocenters. The lowest BCUT2D eigenvalue weighted by Gasteiger charge is -2.45. The lowest BCUT2D eigenvalue weighted by molar-refractivity contribution is -0.139. The highest BCUT2D eigenvalue weighted by Gasteiger charge is 2.66. The molecule has 1 amide bonds. The maximum atomic E-state index is 14.2. The molecule has 0 radical (unpaired) electrons. The summed E-state index contributed by atoms with van der Waals surface area (Å²) >= 11 is 1.57. The number of rotatable bonds is 3. The first kappa shape index (κ1) is 22.1. The molecule has 3 aliphatic rings. The molecule has 0 saturated heterocycles. The Kier molecular flexibility index (Phi) is 5.34. The van der Waals surface area contributed by atoms with Gasteiger partial charge in [0.05, 0.1) is 6.10 Å². The molecule has 1 atom stereocenters. The Morgan fingerprint density at radius 3 is 2.70 bits per heavy atom. The summed E-state index contributed by atoms with van der Waals surface area (Å²) in [7, 11) is 1.77. The number of methoxy groups -OCH3 is 1. The first-order valence-corrected chi connectivity index (χ1v) is 12.5. The number of nitrogens with two attached hydrogens (primary N) is 1. The van der Waals surface area contributed by atoms with Crippen LogP contribution in [0, 0.1) is 17.3 Å². The normalized spacial score (nSPS) is 28.4. The molecule has 5 rings (SSSR count). The SMILES string of the molecule is CC#Cc1csc(-c2ccc3c(c2)C2(N=C(N)N(C(C)C)C2=O)C2(CCC(OC)CC2)C3)n1. The van der Waals surface area contributed by atoms with Gasteiger partial charge in [-0.25, -0.2) is 9.98 Å². The number of guanidine groups is 1. The number of thiazole rings is 1. The highest BCUT2D eigenvalue weighted by atomic mass is 32.1. The van der Waals surface area contributed by atoms with Gasteiger partial charge in [0.2, 0.25) is 0 Å². The Bertz CT molecular complexity index is 1200. The van der Waals surface area contributed by atoms with Gasteiger partial charge in [-0.15, -0.1) is 11.3 Å². The minimum atomic E-state index is -0.977. The van der Waals surface area contributed by atoms with Gasteiger partial charge in [-0.2, -0.15) is 0 Å². The highest BCUT2D eigenvalue weighted by molar-refractivity contribution is 7.13. The predicted molar refractivity (Wildman–Crippen MR) is 131 cm³/mol. The third-order valence-electron chi connectivity index (χ3n) is 7.60. The lowest BCUT2D eigenvalue weighted by atomic mass is 9.61. The van der Waals surface area contributed by atoms with Crippen molar-refractivity contribution in [2.24, 2.45) is 16.1 Å². The minimum absolute atomic E-state index is 0.0124. The van der Waals surface area contributed by atoms with Crippen LogP contribution >= 0.6 is 11.3 Å². The van der Waals surface area contributed by atoms with E-state index >= 15 is 0 Å². The predicted octanol–water partition coefficient (Wildman–Crippen LogP) is 4.07. The summed E-state index contributed by atoms with van der Waals surface area (Å²) in [4.78, 5) is 25.6. The second kappa shape index (κ2) is 7.96. The van der Waals surface area contributed by atoms with Crippen LogP contribution < -0.4 is 5.73 Å². The number of aliphatic imine (C=N–C) groups is 1. The van der Waals surface area contributed by atoms with Gasteiger partial charge in [0, 0.05) is 29.5 Å². The van der Waals surface area contributed by atoms with Gasteiger partial charge in [-0.3, -0.25) is 9.69 Å². The number of hydrogen-bond acceptors (Lipinski definition) is 6. The number of amides is 1. The van der Waals surface area contributed by atoms with Gasteiger partial charge in [0.1, 0.15) is 10.7 Å². The van der Waals surface area contributed by atoms with E-state index in [0.717, 1.165) is 53.9 Å². The van der Waals surface area contributed by atoms with E-state index in [4.69, 9.17) is 15.5 Å². The number of ether oxygens (including phenoxy) is 1. The van der Waals surface area contributed by atoms with Crippen LogP contribution in [0.3, 0.4) is 0 Å². The molecule has 6 nitrogen and oxygen atoms in total. The summed E-state index contributed by atoms with van der Waals surface area (Å²) in [5, 5.41) is 2.87. The first-order valence-electron chi connectivity index (χ1n) is 11.6. The monoisotopic (exact) mass is 462 g/mol. The van der Waals surface area contributed by atoms with Crippen molar-refractivity contribution in [1.82, 2.24) is 9.88 Å². The maximum Gasteiger partial charge on any atom is 0.262 e. The van der Waals surface area contributed by atoms with Crippen molar-refractivity contribution < 1.29 is 9.53 Å². The van der Waals surface area contributed by atoms with Gasteiger partial charge >= 0.3 is 0 Å². The topological polar surface area (TPSA) is 80.8 Å². The van der Waals surface area contributed by atoms with Crippen LogP contribution in [0.5, 0.6) is 0 Å². The van der Waals surface area contributed by atoms with E-state index in [-0.39, 0.29) is 23.5 Å². The van der Waals surface area contributed by atoms with Crippen LogP contribution in [-0.4, -0.2) is 41.0 Å². The molecule has 1 aliphatic heterocycles. The second-order valence-corrected chi connectivity index (χ2v) is 10.5. The Hall–Kier alpha value is -2.69. The second-order valence-electron chi connectivity index (χ2n) is 9.63. The molecule has 7 heteroatoms. The Morgan fingerprint density at radius 1 is 1.30 bits per heavy atom. The van der Waals surface area contributed by atoms with E-state index < -0.39 is 5.54 Å². The van der Waals surface area contributed by atoms with Crippen molar-refractivity contribution in [3.63, 3.8) is 0 Å². The van der Waals surface area contributed by atoms with Crippen LogP contribution in [0.4, 0.5) is 0 Å². The van der Waals surface area contributed by atoms with E-state index in [0.29, 0.717) is 5.96 Å². The van der Waals surface area contributed by atoms with Crippen molar-refractivity contribution >= 4 is 23.2 Å².